The van der Waals surface area contributed by atoms with Crippen LogP contribution in [0.2, 0.25) is 0 Å². The van der Waals surface area contributed by atoms with Gasteiger partial charge in [0.1, 0.15) is 26.2 Å². The van der Waals surface area contributed by atoms with Crippen LogP contribution < -0.4 is 0 Å². The van der Waals surface area contributed by atoms with Crippen molar-refractivity contribution >= 4 is 0 Å². The van der Waals surface area contributed by atoms with E-state index in [9.17, 15) is 50.3 Å². The molecule has 0 aliphatic carbocycles. The standard InChI is InChI=1S/2C4H8N6O5/c2*11-5-6-3-7(9(12)13)1-2-8(4-6)10(14)15/h2*1-4H2. The molecule has 0 spiro atoms. The molecule has 0 saturated carbocycles. The third kappa shape index (κ3) is 6.97. The third-order valence-corrected chi connectivity index (χ3v) is 3.69. The van der Waals surface area contributed by atoms with Crippen molar-refractivity contribution in [1.82, 2.24) is 30.1 Å². The van der Waals surface area contributed by atoms with Crippen molar-refractivity contribution < 1.29 is 20.1 Å². The molecule has 0 aromatic carbocycles. The summed E-state index contributed by atoms with van der Waals surface area (Å²) in [6.07, 6.45) is 0. The van der Waals surface area contributed by atoms with Crippen LogP contribution in [0.4, 0.5) is 0 Å². The molecule has 2 aliphatic rings. The maximum absolute atomic E-state index is 10.4. The molecule has 168 valence electrons. The Hall–Kier alpha value is -4.40. The Bertz CT molecular complexity index is 573. The highest BCUT2D eigenvalue weighted by molar-refractivity contribution is 4.58. The van der Waals surface area contributed by atoms with E-state index in [1.165, 1.54) is 0 Å². The zero-order chi connectivity index (χ0) is 22.8. The second-order valence-electron chi connectivity index (χ2n) is 5.61. The van der Waals surface area contributed by atoms with E-state index in [2.05, 4.69) is 10.6 Å². The molecule has 2 heterocycles. The molecule has 2 rings (SSSR count). The molecule has 22 nitrogen and oxygen atoms in total. The summed E-state index contributed by atoms with van der Waals surface area (Å²) in [6.45, 7) is -2.00. The van der Waals surface area contributed by atoms with Gasteiger partial charge in [-0.3, -0.25) is 0 Å². The van der Waals surface area contributed by atoms with Crippen molar-refractivity contribution in [2.75, 3.05) is 52.9 Å². The van der Waals surface area contributed by atoms with Gasteiger partial charge in [-0.25, -0.2) is 50.5 Å². The van der Waals surface area contributed by atoms with Crippen LogP contribution in [0, 0.1) is 50.3 Å². The topological polar surface area (TPSA) is 251 Å². The zero-order valence-corrected chi connectivity index (χ0v) is 15.1. The third-order valence-electron chi connectivity index (χ3n) is 3.69. The van der Waals surface area contributed by atoms with Gasteiger partial charge in [-0.2, -0.15) is 0 Å². The highest BCUT2D eigenvalue weighted by Crippen LogP contribution is 2.05. The molecule has 0 N–H and O–H groups in total. The van der Waals surface area contributed by atoms with Crippen LogP contribution in [0.3, 0.4) is 0 Å². The summed E-state index contributed by atoms with van der Waals surface area (Å²) in [7, 11) is 0. The zero-order valence-electron chi connectivity index (χ0n) is 15.1. The summed E-state index contributed by atoms with van der Waals surface area (Å²) in [4.78, 5) is 62.1. The van der Waals surface area contributed by atoms with Crippen molar-refractivity contribution in [1.29, 1.82) is 0 Å². The van der Waals surface area contributed by atoms with Crippen LogP contribution in [0.5, 0.6) is 0 Å². The average molecular weight is 440 g/mol. The van der Waals surface area contributed by atoms with Gasteiger partial charge in [0.05, 0.1) is 10.6 Å². The van der Waals surface area contributed by atoms with Crippen molar-refractivity contribution in [3.8, 4) is 0 Å². The van der Waals surface area contributed by atoms with E-state index in [4.69, 9.17) is 0 Å². The highest BCUT2D eigenvalue weighted by atomic mass is 16.7. The van der Waals surface area contributed by atoms with Crippen LogP contribution >= 0.6 is 0 Å². The largest absolute Gasteiger partial charge is 0.235 e. The first-order chi connectivity index (χ1) is 14.1. The molecule has 0 amide bonds. The smallest absolute Gasteiger partial charge is 0.171 e. The van der Waals surface area contributed by atoms with E-state index in [0.717, 1.165) is 0 Å². The monoisotopic (exact) mass is 440 g/mol. The first-order valence-corrected chi connectivity index (χ1v) is 7.82. The number of hydrogen-bond donors (Lipinski definition) is 0. The molecule has 0 unspecified atom stereocenters. The fraction of sp³-hybridized carbons (Fsp3) is 1.00. The summed E-state index contributed by atoms with van der Waals surface area (Å²) in [5.74, 6) is 0. The maximum atomic E-state index is 10.4. The molecule has 0 radical (unpaired) electrons. The first kappa shape index (κ1) is 23.6. The Labute approximate surface area is 165 Å². The number of hydrazine groups is 4. The van der Waals surface area contributed by atoms with Crippen LogP contribution in [0.25, 0.3) is 0 Å². The number of nitrogens with zero attached hydrogens (tertiary/aromatic N) is 12. The highest BCUT2D eigenvalue weighted by Gasteiger charge is 2.31. The van der Waals surface area contributed by atoms with Crippen LogP contribution in [0.15, 0.2) is 10.6 Å². The normalized spacial score (nSPS) is 17.2. The second kappa shape index (κ2) is 10.8. The van der Waals surface area contributed by atoms with Crippen LogP contribution in [0.1, 0.15) is 0 Å². The van der Waals surface area contributed by atoms with Crippen molar-refractivity contribution in [2.45, 2.75) is 0 Å². The summed E-state index contributed by atoms with van der Waals surface area (Å²) < 4.78 is 0. The quantitative estimate of drug-likeness (QED) is 0.240. The Balaban J connectivity index is 0.000000300. The molecular formula is C8H16N12O10. The summed E-state index contributed by atoms with van der Waals surface area (Å²) in [5.41, 5.74) is 0. The fourth-order valence-corrected chi connectivity index (χ4v) is 2.22. The molecule has 0 aromatic rings. The molecule has 2 aliphatic heterocycles. The molecule has 30 heavy (non-hydrogen) atoms. The van der Waals surface area contributed by atoms with Crippen molar-refractivity contribution in [3.63, 3.8) is 0 Å². The first-order valence-electron chi connectivity index (χ1n) is 7.82. The van der Waals surface area contributed by atoms with Gasteiger partial charge in [0.2, 0.25) is 0 Å². The number of nitro groups is 4. The fourth-order valence-electron chi connectivity index (χ4n) is 2.22. The van der Waals surface area contributed by atoms with E-state index >= 15 is 0 Å². The Morgan fingerprint density at radius 2 is 0.700 bits per heavy atom. The van der Waals surface area contributed by atoms with E-state index in [-0.39, 0.29) is 52.9 Å². The Morgan fingerprint density at radius 1 is 0.500 bits per heavy atom. The van der Waals surface area contributed by atoms with Crippen molar-refractivity contribution in [2.24, 2.45) is 10.6 Å². The van der Waals surface area contributed by atoms with Gasteiger partial charge in [0.25, 0.3) is 0 Å². The average Bonchev–Trinajstić information content (AvgIpc) is 3.05. The lowest BCUT2D eigenvalue weighted by Gasteiger charge is -2.15. The molecule has 2 fully saturated rings. The lowest BCUT2D eigenvalue weighted by atomic mass is 10.6. The van der Waals surface area contributed by atoms with E-state index in [1.807, 2.05) is 0 Å². The predicted octanol–water partition coefficient (Wildman–Crippen LogP) is -2.23. The molecule has 22 heteroatoms. The summed E-state index contributed by atoms with van der Waals surface area (Å²) >= 11 is 0. The lowest BCUT2D eigenvalue weighted by Crippen LogP contribution is -2.38. The molecule has 0 aromatic heterocycles. The predicted molar refractivity (Wildman–Crippen MR) is 89.5 cm³/mol. The van der Waals surface area contributed by atoms with E-state index in [0.29, 0.717) is 30.1 Å². The second-order valence-corrected chi connectivity index (χ2v) is 5.61. The molecule has 0 bridgehead atoms. The maximum Gasteiger partial charge on any atom is 0.171 e. The minimum absolute atomic E-state index is 0.139. The number of rotatable bonds is 6. The van der Waals surface area contributed by atoms with Gasteiger partial charge in [0.15, 0.2) is 46.8 Å². The minimum Gasteiger partial charge on any atom is -0.235 e. The minimum atomic E-state index is -0.721. The Kier molecular flexibility index (Phi) is 8.52. The lowest BCUT2D eigenvalue weighted by molar-refractivity contribution is -0.666. The van der Waals surface area contributed by atoms with Gasteiger partial charge in [0, 0.05) is 0 Å². The summed E-state index contributed by atoms with van der Waals surface area (Å²) in [6, 6.07) is 0. The molecule has 0 atom stereocenters. The summed E-state index contributed by atoms with van der Waals surface area (Å²) in [5, 5.41) is 47.9. The van der Waals surface area contributed by atoms with E-state index < -0.39 is 20.1 Å². The SMILES string of the molecule is O=NN1CN([N+](=O)[O-])CCN([N+](=O)[O-])C1.O=NN1CN([N+](=O)[O-])CCN([N+](=O)[O-])C1. The molecule has 2 saturated heterocycles. The van der Waals surface area contributed by atoms with Gasteiger partial charge in [-0.1, -0.05) is 0 Å². The van der Waals surface area contributed by atoms with Gasteiger partial charge >= 0.3 is 0 Å². The van der Waals surface area contributed by atoms with Crippen LogP contribution in [-0.2, 0) is 0 Å². The van der Waals surface area contributed by atoms with E-state index in [1.54, 1.807) is 0 Å². The Morgan fingerprint density at radius 3 is 0.833 bits per heavy atom. The number of hydrogen-bond acceptors (Lipinski definition) is 12. The van der Waals surface area contributed by atoms with Gasteiger partial charge < -0.3 is 0 Å². The number of nitroso groups, excluding NO2 is 2. The molecular weight excluding hydrogens is 424 g/mol. The van der Waals surface area contributed by atoms with Gasteiger partial charge in [-0.15, -0.1) is 29.8 Å². The van der Waals surface area contributed by atoms with Crippen molar-refractivity contribution in [3.05, 3.63) is 50.3 Å². The van der Waals surface area contributed by atoms with Gasteiger partial charge in [-0.05, 0) is 0 Å². The van der Waals surface area contributed by atoms with Crippen LogP contribution in [-0.4, -0.2) is 103 Å².